The third-order valence-electron chi connectivity index (χ3n) is 4.08. The van der Waals surface area contributed by atoms with Gasteiger partial charge in [-0.25, -0.2) is 4.99 Å². The predicted molar refractivity (Wildman–Crippen MR) is 106 cm³/mol. The van der Waals surface area contributed by atoms with Crippen LogP contribution in [0, 0.1) is 0 Å². The Morgan fingerprint density at radius 2 is 1.70 bits per heavy atom. The maximum atomic E-state index is 6.04. The highest BCUT2D eigenvalue weighted by Crippen LogP contribution is 2.09. The first kappa shape index (κ1) is 20.2. The second-order valence-electron chi connectivity index (χ2n) is 5.55. The number of hydrogen-bond donors (Lipinski definition) is 1. The Kier molecular flexibility index (Phi) is 9.50. The summed E-state index contributed by atoms with van der Waals surface area (Å²) in [5.74, 6) is 0.621. The lowest BCUT2D eigenvalue weighted by Gasteiger charge is -2.27. The normalized spacial score (nSPS) is 15.6. The van der Waals surface area contributed by atoms with Crippen LogP contribution in [0.4, 0.5) is 0 Å². The lowest BCUT2D eigenvalue weighted by Crippen LogP contribution is -2.44. The number of rotatable bonds is 6. The second kappa shape index (κ2) is 10.8. The van der Waals surface area contributed by atoms with Gasteiger partial charge in [0.15, 0.2) is 5.96 Å². The van der Waals surface area contributed by atoms with Crippen molar-refractivity contribution < 1.29 is 4.74 Å². The summed E-state index contributed by atoms with van der Waals surface area (Å²) in [4.78, 5) is 8.98. The fourth-order valence-electron chi connectivity index (χ4n) is 2.52. The molecule has 0 bridgehead atoms. The molecule has 1 aliphatic rings. The van der Waals surface area contributed by atoms with Crippen molar-refractivity contribution in [1.82, 2.24) is 9.80 Å². The molecule has 0 atom stereocenters. The summed E-state index contributed by atoms with van der Waals surface area (Å²) in [6, 6.07) is 8.67. The van der Waals surface area contributed by atoms with Gasteiger partial charge in [0.2, 0.25) is 0 Å². The molecule has 0 spiro atoms. The van der Waals surface area contributed by atoms with E-state index in [4.69, 9.17) is 10.5 Å². The highest BCUT2D eigenvalue weighted by Gasteiger charge is 2.11. The molecule has 0 unspecified atom stereocenters. The van der Waals surface area contributed by atoms with E-state index in [9.17, 15) is 0 Å². The molecule has 0 amide bonds. The molecule has 0 aliphatic carbocycles. The van der Waals surface area contributed by atoms with Crippen LogP contribution in [0.2, 0.25) is 0 Å². The number of ether oxygens (including phenoxy) is 1. The summed E-state index contributed by atoms with van der Waals surface area (Å²) >= 11 is 0. The number of nitrogens with zero attached hydrogens (tertiary/aromatic N) is 3. The monoisotopic (exact) mass is 432 g/mol. The van der Waals surface area contributed by atoms with Gasteiger partial charge in [-0.05, 0) is 24.2 Å². The molecule has 0 saturated carbocycles. The summed E-state index contributed by atoms with van der Waals surface area (Å²) in [6.45, 7) is 11.3. The number of morpholine rings is 1. The maximum Gasteiger partial charge on any atom is 0.191 e. The molecule has 23 heavy (non-hydrogen) atoms. The van der Waals surface area contributed by atoms with E-state index in [1.165, 1.54) is 11.1 Å². The van der Waals surface area contributed by atoms with E-state index in [1.54, 1.807) is 0 Å². The average Bonchev–Trinajstić information content (AvgIpc) is 2.59. The Labute approximate surface area is 156 Å². The largest absolute Gasteiger partial charge is 0.378 e. The van der Waals surface area contributed by atoms with Crippen LogP contribution in [-0.2, 0) is 17.8 Å². The Bertz CT molecular complexity index is 468. The molecular formula is C17H29IN4O. The van der Waals surface area contributed by atoms with Crippen molar-refractivity contribution in [3.8, 4) is 0 Å². The molecule has 0 radical (unpaired) electrons. The zero-order valence-electron chi connectivity index (χ0n) is 14.2. The summed E-state index contributed by atoms with van der Waals surface area (Å²) in [7, 11) is 0. The molecule has 2 N–H and O–H groups in total. The number of aliphatic imine (C=N–C) groups is 1. The van der Waals surface area contributed by atoms with Gasteiger partial charge in [-0.15, -0.1) is 24.0 Å². The topological polar surface area (TPSA) is 54.1 Å². The molecule has 1 saturated heterocycles. The molecule has 0 aromatic heterocycles. The van der Waals surface area contributed by atoms with Gasteiger partial charge < -0.3 is 15.4 Å². The number of halogens is 1. The van der Waals surface area contributed by atoms with Crippen LogP contribution in [0.25, 0.3) is 0 Å². The van der Waals surface area contributed by atoms with Crippen molar-refractivity contribution in [2.75, 3.05) is 39.4 Å². The van der Waals surface area contributed by atoms with Gasteiger partial charge in [0.25, 0.3) is 0 Å². The number of guanidine groups is 1. The summed E-state index contributed by atoms with van der Waals surface area (Å²) in [5, 5.41) is 0. The van der Waals surface area contributed by atoms with Gasteiger partial charge in [0, 0.05) is 19.6 Å². The third-order valence-corrected chi connectivity index (χ3v) is 4.08. The summed E-state index contributed by atoms with van der Waals surface area (Å²) in [6.07, 6.45) is 0. The smallest absolute Gasteiger partial charge is 0.191 e. The first-order chi connectivity index (χ1) is 10.7. The Hall–Kier alpha value is -0.860. The second-order valence-corrected chi connectivity index (χ2v) is 5.55. The lowest BCUT2D eigenvalue weighted by molar-refractivity contribution is 0.0674. The predicted octanol–water partition coefficient (Wildman–Crippen LogP) is 2.29. The molecular weight excluding hydrogens is 403 g/mol. The van der Waals surface area contributed by atoms with Crippen LogP contribution in [0.15, 0.2) is 29.3 Å². The van der Waals surface area contributed by atoms with E-state index in [2.05, 4.69) is 52.9 Å². The number of nitrogens with two attached hydrogens (primary N) is 1. The van der Waals surface area contributed by atoms with Crippen LogP contribution < -0.4 is 5.73 Å². The summed E-state index contributed by atoms with van der Waals surface area (Å²) < 4.78 is 5.32. The average molecular weight is 432 g/mol. The van der Waals surface area contributed by atoms with Gasteiger partial charge in [-0.3, -0.25) is 4.90 Å². The minimum absolute atomic E-state index is 0. The van der Waals surface area contributed by atoms with Gasteiger partial charge in [0.1, 0.15) is 0 Å². The molecule has 1 aromatic rings. The van der Waals surface area contributed by atoms with E-state index in [1.807, 2.05) is 0 Å². The molecule has 1 fully saturated rings. The fraction of sp³-hybridized carbons (Fsp3) is 0.588. The van der Waals surface area contributed by atoms with Crippen molar-refractivity contribution in [1.29, 1.82) is 0 Å². The van der Waals surface area contributed by atoms with E-state index >= 15 is 0 Å². The Balaban J connectivity index is 0.00000264. The van der Waals surface area contributed by atoms with Gasteiger partial charge >= 0.3 is 0 Å². The first-order valence-corrected chi connectivity index (χ1v) is 8.15. The van der Waals surface area contributed by atoms with E-state index in [0.29, 0.717) is 12.5 Å². The minimum Gasteiger partial charge on any atom is -0.378 e. The molecule has 130 valence electrons. The molecule has 2 rings (SSSR count). The zero-order valence-corrected chi connectivity index (χ0v) is 16.5. The van der Waals surface area contributed by atoms with Crippen molar-refractivity contribution in [3.63, 3.8) is 0 Å². The fourth-order valence-corrected chi connectivity index (χ4v) is 2.52. The summed E-state index contributed by atoms with van der Waals surface area (Å²) in [5.41, 5.74) is 8.58. The Morgan fingerprint density at radius 3 is 2.26 bits per heavy atom. The van der Waals surface area contributed by atoms with Crippen molar-refractivity contribution in [3.05, 3.63) is 35.4 Å². The minimum atomic E-state index is 0. The Morgan fingerprint density at radius 1 is 1.13 bits per heavy atom. The van der Waals surface area contributed by atoms with E-state index in [-0.39, 0.29) is 24.0 Å². The van der Waals surface area contributed by atoms with Gasteiger partial charge in [0.05, 0.1) is 19.8 Å². The van der Waals surface area contributed by atoms with Crippen LogP contribution in [0.5, 0.6) is 0 Å². The van der Waals surface area contributed by atoms with Crippen LogP contribution in [0.1, 0.15) is 25.0 Å². The molecule has 6 heteroatoms. The van der Waals surface area contributed by atoms with Gasteiger partial charge in [-0.1, -0.05) is 38.1 Å². The maximum absolute atomic E-state index is 6.04. The third kappa shape index (κ3) is 6.64. The van der Waals surface area contributed by atoms with Crippen molar-refractivity contribution >= 4 is 29.9 Å². The van der Waals surface area contributed by atoms with Gasteiger partial charge in [-0.2, -0.15) is 0 Å². The van der Waals surface area contributed by atoms with Crippen molar-refractivity contribution in [2.24, 2.45) is 10.7 Å². The van der Waals surface area contributed by atoms with E-state index < -0.39 is 0 Å². The molecule has 5 nitrogen and oxygen atoms in total. The quantitative estimate of drug-likeness (QED) is 0.426. The van der Waals surface area contributed by atoms with Crippen LogP contribution >= 0.6 is 24.0 Å². The number of hydrogen-bond acceptors (Lipinski definition) is 3. The SMILES string of the molecule is CCN(CC)Cc1ccc(CN=C(N)N2CCOCC2)cc1.I. The zero-order chi connectivity index (χ0) is 15.8. The van der Waals surface area contributed by atoms with E-state index in [0.717, 1.165) is 45.9 Å². The first-order valence-electron chi connectivity index (χ1n) is 8.15. The number of benzene rings is 1. The molecule has 1 aromatic carbocycles. The highest BCUT2D eigenvalue weighted by molar-refractivity contribution is 14.0. The lowest BCUT2D eigenvalue weighted by atomic mass is 10.1. The molecule has 1 aliphatic heterocycles. The molecule has 1 heterocycles. The highest BCUT2D eigenvalue weighted by atomic mass is 127. The van der Waals surface area contributed by atoms with Crippen LogP contribution in [-0.4, -0.2) is 55.2 Å². The van der Waals surface area contributed by atoms with Crippen molar-refractivity contribution in [2.45, 2.75) is 26.9 Å². The standard InChI is InChI=1S/C17H28N4O.HI/c1-3-20(4-2)14-16-7-5-15(6-8-16)13-19-17(18)21-9-11-22-12-10-21;/h5-8H,3-4,9-14H2,1-2H3,(H2,18,19);1H. The van der Waals surface area contributed by atoms with Crippen LogP contribution in [0.3, 0.4) is 0 Å².